The Hall–Kier alpha value is -1.09. The van der Waals surface area contributed by atoms with Gasteiger partial charge in [0.1, 0.15) is 5.82 Å². The Morgan fingerprint density at radius 3 is 2.71 bits per heavy atom. The Kier molecular flexibility index (Phi) is 4.00. The normalized spacial score (nSPS) is 16.8. The highest BCUT2D eigenvalue weighted by molar-refractivity contribution is 6.30. The lowest BCUT2D eigenvalue weighted by atomic mass is 9.88. The standard InChI is InChI=1S/C13H15ClFNO/c14-10-6-7-11(15)12(8-10)16-13(17)9-4-2-1-3-5-9/h6-9H,1-5H2,(H,16,17). The summed E-state index contributed by atoms with van der Waals surface area (Å²) in [6.07, 6.45) is 5.14. The summed E-state index contributed by atoms with van der Waals surface area (Å²) in [5.41, 5.74) is 0.174. The van der Waals surface area contributed by atoms with E-state index in [4.69, 9.17) is 11.6 Å². The quantitative estimate of drug-likeness (QED) is 0.850. The van der Waals surface area contributed by atoms with Gasteiger partial charge in [-0.25, -0.2) is 4.39 Å². The molecule has 1 aromatic rings. The van der Waals surface area contributed by atoms with Crippen LogP contribution in [0.3, 0.4) is 0 Å². The van der Waals surface area contributed by atoms with Crippen LogP contribution >= 0.6 is 11.6 Å². The predicted molar refractivity (Wildman–Crippen MR) is 66.6 cm³/mol. The maximum atomic E-state index is 13.4. The molecule has 17 heavy (non-hydrogen) atoms. The van der Waals surface area contributed by atoms with Gasteiger partial charge in [-0.3, -0.25) is 4.79 Å². The van der Waals surface area contributed by atoms with Crippen LogP contribution in [-0.4, -0.2) is 5.91 Å². The van der Waals surface area contributed by atoms with E-state index < -0.39 is 5.82 Å². The zero-order valence-electron chi connectivity index (χ0n) is 9.51. The Bertz CT molecular complexity index is 416. The van der Waals surface area contributed by atoms with E-state index in [1.165, 1.54) is 24.6 Å². The highest BCUT2D eigenvalue weighted by atomic mass is 35.5. The number of rotatable bonds is 2. The molecule has 0 radical (unpaired) electrons. The van der Waals surface area contributed by atoms with Gasteiger partial charge in [-0.2, -0.15) is 0 Å². The first kappa shape index (κ1) is 12.4. The SMILES string of the molecule is O=C(Nc1cc(Cl)ccc1F)C1CCCCC1. The number of halogens is 2. The fourth-order valence-electron chi connectivity index (χ4n) is 2.19. The van der Waals surface area contributed by atoms with E-state index in [2.05, 4.69) is 5.32 Å². The monoisotopic (exact) mass is 255 g/mol. The maximum absolute atomic E-state index is 13.4. The molecule has 1 amide bonds. The lowest BCUT2D eigenvalue weighted by Crippen LogP contribution is -2.25. The number of nitrogens with one attached hydrogen (secondary N) is 1. The van der Waals surface area contributed by atoms with Gasteiger partial charge in [-0.15, -0.1) is 0 Å². The predicted octanol–water partition coefficient (Wildman–Crippen LogP) is 4.00. The van der Waals surface area contributed by atoms with Crippen molar-refractivity contribution in [3.8, 4) is 0 Å². The largest absolute Gasteiger partial charge is 0.323 e. The van der Waals surface area contributed by atoms with Crippen LogP contribution in [0.15, 0.2) is 18.2 Å². The molecule has 1 N–H and O–H groups in total. The van der Waals surface area contributed by atoms with Gasteiger partial charge < -0.3 is 5.32 Å². The van der Waals surface area contributed by atoms with Gasteiger partial charge in [0.05, 0.1) is 5.69 Å². The van der Waals surface area contributed by atoms with Crippen LogP contribution in [0.25, 0.3) is 0 Å². The van der Waals surface area contributed by atoms with E-state index >= 15 is 0 Å². The number of hydrogen-bond acceptors (Lipinski definition) is 1. The molecule has 1 saturated carbocycles. The first-order valence-corrected chi connectivity index (χ1v) is 6.30. The van der Waals surface area contributed by atoms with Crippen molar-refractivity contribution in [3.63, 3.8) is 0 Å². The summed E-state index contributed by atoms with van der Waals surface area (Å²) in [5, 5.41) is 3.04. The molecule has 1 aliphatic carbocycles. The number of anilines is 1. The van der Waals surface area contributed by atoms with E-state index in [1.807, 2.05) is 0 Å². The van der Waals surface area contributed by atoms with E-state index in [0.29, 0.717) is 5.02 Å². The first-order chi connectivity index (χ1) is 8.16. The van der Waals surface area contributed by atoms with Crippen LogP contribution < -0.4 is 5.32 Å². The minimum absolute atomic E-state index is 0.0159. The van der Waals surface area contributed by atoms with Gasteiger partial charge >= 0.3 is 0 Å². The van der Waals surface area contributed by atoms with Gasteiger partial charge in [-0.1, -0.05) is 30.9 Å². The summed E-state index contributed by atoms with van der Waals surface area (Å²) in [5.74, 6) is -0.522. The second-order valence-electron chi connectivity index (χ2n) is 4.45. The molecule has 0 heterocycles. The van der Waals surface area contributed by atoms with Crippen molar-refractivity contribution in [3.05, 3.63) is 29.0 Å². The van der Waals surface area contributed by atoms with Crippen molar-refractivity contribution < 1.29 is 9.18 Å². The van der Waals surface area contributed by atoms with Gasteiger partial charge in [0.15, 0.2) is 0 Å². The minimum Gasteiger partial charge on any atom is -0.323 e. The lowest BCUT2D eigenvalue weighted by Gasteiger charge is -2.20. The molecule has 2 rings (SSSR count). The van der Waals surface area contributed by atoms with Gasteiger partial charge in [0.2, 0.25) is 5.91 Å². The summed E-state index contributed by atoms with van der Waals surface area (Å²) >= 11 is 5.77. The van der Waals surface area contributed by atoms with E-state index in [1.54, 1.807) is 0 Å². The van der Waals surface area contributed by atoms with Gasteiger partial charge in [0, 0.05) is 10.9 Å². The molecule has 2 nitrogen and oxygen atoms in total. The van der Waals surface area contributed by atoms with Crippen LogP contribution in [0, 0.1) is 11.7 Å². The van der Waals surface area contributed by atoms with E-state index in [9.17, 15) is 9.18 Å². The Balaban J connectivity index is 2.04. The molecule has 92 valence electrons. The topological polar surface area (TPSA) is 29.1 Å². The smallest absolute Gasteiger partial charge is 0.227 e. The highest BCUT2D eigenvalue weighted by Crippen LogP contribution is 2.26. The first-order valence-electron chi connectivity index (χ1n) is 5.93. The fraction of sp³-hybridized carbons (Fsp3) is 0.462. The minimum atomic E-state index is -0.446. The van der Waals surface area contributed by atoms with Crippen molar-refractivity contribution in [1.82, 2.24) is 0 Å². The van der Waals surface area contributed by atoms with Gasteiger partial charge in [0.25, 0.3) is 0 Å². The fourth-order valence-corrected chi connectivity index (χ4v) is 2.36. The zero-order chi connectivity index (χ0) is 12.3. The molecule has 4 heteroatoms. The molecule has 1 fully saturated rings. The van der Waals surface area contributed by atoms with Crippen molar-refractivity contribution in [1.29, 1.82) is 0 Å². The molecule has 0 atom stereocenters. The second kappa shape index (κ2) is 5.50. The van der Waals surface area contributed by atoms with Crippen LogP contribution in [0.2, 0.25) is 5.02 Å². The van der Waals surface area contributed by atoms with Crippen LogP contribution in [-0.2, 0) is 4.79 Å². The molecule has 1 aliphatic rings. The Morgan fingerprint density at radius 1 is 1.29 bits per heavy atom. The molecule has 0 saturated heterocycles. The Labute approximate surface area is 105 Å². The molecule has 0 bridgehead atoms. The molecule has 1 aromatic carbocycles. The van der Waals surface area contributed by atoms with E-state index in [0.717, 1.165) is 25.7 Å². The highest BCUT2D eigenvalue weighted by Gasteiger charge is 2.21. The number of amides is 1. The van der Waals surface area contributed by atoms with Crippen LogP contribution in [0.4, 0.5) is 10.1 Å². The van der Waals surface area contributed by atoms with Crippen LogP contribution in [0.1, 0.15) is 32.1 Å². The zero-order valence-corrected chi connectivity index (χ0v) is 10.3. The molecule has 0 aromatic heterocycles. The number of hydrogen-bond donors (Lipinski definition) is 1. The molecule has 0 aliphatic heterocycles. The van der Waals surface area contributed by atoms with E-state index in [-0.39, 0.29) is 17.5 Å². The lowest BCUT2D eigenvalue weighted by molar-refractivity contribution is -0.120. The Morgan fingerprint density at radius 2 is 2.00 bits per heavy atom. The summed E-state index contributed by atoms with van der Waals surface area (Å²) in [6.45, 7) is 0. The van der Waals surface area contributed by atoms with Crippen molar-refractivity contribution in [2.45, 2.75) is 32.1 Å². The summed E-state index contributed by atoms with van der Waals surface area (Å²) in [6, 6.07) is 4.17. The third kappa shape index (κ3) is 3.19. The summed E-state index contributed by atoms with van der Waals surface area (Å²) < 4.78 is 13.4. The average Bonchev–Trinajstić information content (AvgIpc) is 2.35. The third-order valence-electron chi connectivity index (χ3n) is 3.16. The van der Waals surface area contributed by atoms with Crippen molar-refractivity contribution in [2.75, 3.05) is 5.32 Å². The maximum Gasteiger partial charge on any atom is 0.227 e. The molecular weight excluding hydrogens is 241 g/mol. The number of carbonyl (C=O) groups excluding carboxylic acids is 1. The number of carbonyl (C=O) groups is 1. The average molecular weight is 256 g/mol. The summed E-state index contributed by atoms with van der Waals surface area (Å²) in [4.78, 5) is 11.9. The van der Waals surface area contributed by atoms with Gasteiger partial charge in [-0.05, 0) is 31.0 Å². The summed E-state index contributed by atoms with van der Waals surface area (Å²) in [7, 11) is 0. The van der Waals surface area contributed by atoms with Crippen LogP contribution in [0.5, 0.6) is 0 Å². The number of benzene rings is 1. The molecule has 0 spiro atoms. The van der Waals surface area contributed by atoms with Crippen molar-refractivity contribution in [2.24, 2.45) is 5.92 Å². The molecular formula is C13H15ClFNO. The van der Waals surface area contributed by atoms with Crippen molar-refractivity contribution >= 4 is 23.2 Å². The molecule has 0 unspecified atom stereocenters. The third-order valence-corrected chi connectivity index (χ3v) is 3.40. The second-order valence-corrected chi connectivity index (χ2v) is 4.88.